The molecule has 0 amide bonds. The number of rotatable bonds is 4. The Labute approximate surface area is 111 Å². The van der Waals surface area contributed by atoms with Crippen molar-refractivity contribution in [1.29, 1.82) is 0 Å². The molecule has 0 radical (unpaired) electrons. The summed E-state index contributed by atoms with van der Waals surface area (Å²) in [5.41, 5.74) is 5.95. The van der Waals surface area contributed by atoms with Crippen molar-refractivity contribution in [3.8, 4) is 0 Å². The summed E-state index contributed by atoms with van der Waals surface area (Å²) in [7, 11) is 0. The maximum Gasteiger partial charge on any atom is 0.0715 e. The highest BCUT2D eigenvalue weighted by atomic mass is 16.4. The van der Waals surface area contributed by atoms with Crippen molar-refractivity contribution in [1.82, 2.24) is 0 Å². The summed E-state index contributed by atoms with van der Waals surface area (Å²) in [5.74, 6) is -1.18. The van der Waals surface area contributed by atoms with Gasteiger partial charge in [-0.1, -0.05) is 42.5 Å². The van der Waals surface area contributed by atoms with Gasteiger partial charge in [-0.2, -0.15) is 5.10 Å². The Kier molecular flexibility index (Phi) is 3.93. The van der Waals surface area contributed by atoms with Crippen LogP contribution >= 0.6 is 0 Å². The van der Waals surface area contributed by atoms with Gasteiger partial charge in [-0.25, -0.2) is 0 Å². The Morgan fingerprint density at radius 1 is 1.16 bits per heavy atom. The Hall–Kier alpha value is -2.62. The summed E-state index contributed by atoms with van der Waals surface area (Å²) < 4.78 is 0. The van der Waals surface area contributed by atoms with E-state index in [0.717, 1.165) is 16.8 Å². The van der Waals surface area contributed by atoms with E-state index in [1.165, 1.54) is 12.1 Å². The van der Waals surface area contributed by atoms with Crippen LogP contribution in [0.25, 0.3) is 0 Å². The van der Waals surface area contributed by atoms with E-state index in [1.54, 1.807) is 18.3 Å². The molecule has 0 atom stereocenters. The number of anilines is 1. The van der Waals surface area contributed by atoms with Crippen LogP contribution in [0, 0.1) is 6.92 Å². The fourth-order valence-electron chi connectivity index (χ4n) is 1.58. The van der Waals surface area contributed by atoms with Crippen LogP contribution in [-0.4, -0.2) is 12.2 Å². The summed E-state index contributed by atoms with van der Waals surface area (Å²) in [5, 5.41) is 14.7. The SMILES string of the molecule is Cc1ccccc1N/N=C\c1ccc(C(=O)[O-])cc1. The van der Waals surface area contributed by atoms with Gasteiger partial charge in [-0.15, -0.1) is 0 Å². The molecule has 19 heavy (non-hydrogen) atoms. The Bertz CT molecular complexity index is 604. The number of hydrazone groups is 1. The van der Waals surface area contributed by atoms with Gasteiger partial charge in [0.15, 0.2) is 0 Å². The van der Waals surface area contributed by atoms with Gasteiger partial charge in [0.05, 0.1) is 17.9 Å². The number of hydrogen-bond acceptors (Lipinski definition) is 4. The van der Waals surface area contributed by atoms with Crippen LogP contribution in [-0.2, 0) is 0 Å². The van der Waals surface area contributed by atoms with Gasteiger partial charge in [0.25, 0.3) is 0 Å². The standard InChI is InChI=1S/C15H14N2O2/c1-11-4-2-3-5-14(11)17-16-10-12-6-8-13(9-7-12)15(18)19/h2-10,17H,1H3,(H,18,19)/p-1/b16-10-. The third-order valence-corrected chi connectivity index (χ3v) is 2.69. The molecule has 2 rings (SSSR count). The van der Waals surface area contributed by atoms with Gasteiger partial charge in [0.2, 0.25) is 0 Å². The number of benzene rings is 2. The van der Waals surface area contributed by atoms with Crippen LogP contribution < -0.4 is 10.5 Å². The molecule has 1 N–H and O–H groups in total. The van der Waals surface area contributed by atoms with E-state index in [-0.39, 0.29) is 5.56 Å². The maximum atomic E-state index is 10.6. The molecule has 0 aliphatic carbocycles. The maximum absolute atomic E-state index is 10.6. The molecule has 0 aliphatic heterocycles. The Morgan fingerprint density at radius 2 is 1.84 bits per heavy atom. The van der Waals surface area contributed by atoms with Gasteiger partial charge >= 0.3 is 0 Å². The summed E-state index contributed by atoms with van der Waals surface area (Å²) in [6.07, 6.45) is 1.63. The average Bonchev–Trinajstić information content (AvgIpc) is 2.41. The molecule has 2 aromatic rings. The largest absolute Gasteiger partial charge is 0.545 e. The fraction of sp³-hybridized carbons (Fsp3) is 0.0667. The number of carboxylic acids is 1. The zero-order chi connectivity index (χ0) is 13.7. The quantitative estimate of drug-likeness (QED) is 0.667. The molecule has 2 aromatic carbocycles. The van der Waals surface area contributed by atoms with Crippen molar-refractivity contribution in [3.05, 3.63) is 65.2 Å². The zero-order valence-corrected chi connectivity index (χ0v) is 10.5. The summed E-state index contributed by atoms with van der Waals surface area (Å²) >= 11 is 0. The van der Waals surface area contributed by atoms with E-state index in [1.807, 2.05) is 31.2 Å². The molecule has 0 saturated carbocycles. The van der Waals surface area contributed by atoms with Crippen LogP contribution in [0.1, 0.15) is 21.5 Å². The number of aryl methyl sites for hydroxylation is 1. The van der Waals surface area contributed by atoms with Crippen LogP contribution in [0.15, 0.2) is 53.6 Å². The molecule has 0 bridgehead atoms. The minimum absolute atomic E-state index is 0.156. The highest BCUT2D eigenvalue weighted by Crippen LogP contribution is 2.12. The van der Waals surface area contributed by atoms with E-state index >= 15 is 0 Å². The zero-order valence-electron chi connectivity index (χ0n) is 10.5. The molecule has 0 fully saturated rings. The van der Waals surface area contributed by atoms with E-state index in [0.29, 0.717) is 0 Å². The predicted octanol–water partition coefficient (Wildman–Crippen LogP) is 1.80. The molecule has 4 heteroatoms. The lowest BCUT2D eigenvalue weighted by atomic mass is 10.1. The average molecular weight is 253 g/mol. The topological polar surface area (TPSA) is 64.5 Å². The highest BCUT2D eigenvalue weighted by Gasteiger charge is 1.94. The third kappa shape index (κ3) is 3.42. The first-order valence-corrected chi connectivity index (χ1v) is 5.83. The van der Waals surface area contributed by atoms with Crippen LogP contribution in [0.4, 0.5) is 5.69 Å². The van der Waals surface area contributed by atoms with Gasteiger partial charge in [0, 0.05) is 0 Å². The molecular weight excluding hydrogens is 240 g/mol. The van der Waals surface area contributed by atoms with Crippen molar-refractivity contribution in [2.45, 2.75) is 6.92 Å². The Morgan fingerprint density at radius 3 is 2.47 bits per heavy atom. The lowest BCUT2D eigenvalue weighted by Crippen LogP contribution is -2.21. The number of hydrogen-bond donors (Lipinski definition) is 1. The lowest BCUT2D eigenvalue weighted by molar-refractivity contribution is -0.255. The first-order chi connectivity index (χ1) is 9.16. The molecule has 0 unspecified atom stereocenters. The predicted molar refractivity (Wildman–Crippen MR) is 73.2 cm³/mol. The van der Waals surface area contributed by atoms with E-state index in [9.17, 15) is 9.90 Å². The van der Waals surface area contributed by atoms with Crippen LogP contribution in [0.5, 0.6) is 0 Å². The van der Waals surface area contributed by atoms with Gasteiger partial charge < -0.3 is 9.90 Å². The molecular formula is C15H13N2O2-. The monoisotopic (exact) mass is 253 g/mol. The van der Waals surface area contributed by atoms with Crippen LogP contribution in [0.3, 0.4) is 0 Å². The van der Waals surface area contributed by atoms with Crippen molar-refractivity contribution >= 4 is 17.9 Å². The van der Waals surface area contributed by atoms with Crippen molar-refractivity contribution in [3.63, 3.8) is 0 Å². The van der Waals surface area contributed by atoms with Crippen molar-refractivity contribution in [2.75, 3.05) is 5.43 Å². The van der Waals surface area contributed by atoms with E-state index < -0.39 is 5.97 Å². The second-order valence-electron chi connectivity index (χ2n) is 4.09. The molecule has 0 heterocycles. The molecule has 96 valence electrons. The summed E-state index contributed by atoms with van der Waals surface area (Å²) in [4.78, 5) is 10.6. The lowest BCUT2D eigenvalue weighted by Gasteiger charge is -2.04. The number of para-hydroxylation sites is 1. The molecule has 0 spiro atoms. The first kappa shape index (κ1) is 12.8. The van der Waals surface area contributed by atoms with Gasteiger partial charge in [-0.05, 0) is 29.7 Å². The van der Waals surface area contributed by atoms with E-state index in [2.05, 4.69) is 10.5 Å². The normalized spacial score (nSPS) is 10.6. The molecule has 0 saturated heterocycles. The second-order valence-corrected chi connectivity index (χ2v) is 4.09. The second kappa shape index (κ2) is 5.82. The molecule has 0 aliphatic rings. The minimum Gasteiger partial charge on any atom is -0.545 e. The van der Waals surface area contributed by atoms with E-state index in [4.69, 9.17) is 0 Å². The number of aromatic carboxylic acids is 1. The van der Waals surface area contributed by atoms with Gasteiger partial charge in [0.1, 0.15) is 0 Å². The van der Waals surface area contributed by atoms with Crippen molar-refractivity contribution < 1.29 is 9.90 Å². The number of carboxylic acid groups (broad SMARTS) is 1. The molecule has 4 nitrogen and oxygen atoms in total. The van der Waals surface area contributed by atoms with Gasteiger partial charge in [-0.3, -0.25) is 5.43 Å². The van der Waals surface area contributed by atoms with Crippen LogP contribution in [0.2, 0.25) is 0 Å². The first-order valence-electron chi connectivity index (χ1n) is 5.83. The molecule has 0 aromatic heterocycles. The van der Waals surface area contributed by atoms with Crippen molar-refractivity contribution in [2.24, 2.45) is 5.10 Å². The number of nitrogens with one attached hydrogen (secondary N) is 1. The number of nitrogens with zero attached hydrogens (tertiary/aromatic N) is 1. The Balaban J connectivity index is 2.03. The summed E-state index contributed by atoms with van der Waals surface area (Å²) in [6.45, 7) is 1.99. The third-order valence-electron chi connectivity index (χ3n) is 2.69. The number of carbonyl (C=O) groups is 1. The fourth-order valence-corrected chi connectivity index (χ4v) is 1.58. The highest BCUT2D eigenvalue weighted by molar-refractivity contribution is 5.88. The number of carbonyl (C=O) groups excluding carboxylic acids is 1. The summed E-state index contributed by atoms with van der Waals surface area (Å²) in [6, 6.07) is 14.2. The minimum atomic E-state index is -1.18. The smallest absolute Gasteiger partial charge is 0.0715 e.